The van der Waals surface area contributed by atoms with Crippen LogP contribution >= 0.6 is 0 Å². The Morgan fingerprint density at radius 2 is 2.25 bits per heavy atom. The molecule has 0 heterocycles. The van der Waals surface area contributed by atoms with Gasteiger partial charge in [-0.15, -0.1) is 0 Å². The Labute approximate surface area is 90.6 Å². The van der Waals surface area contributed by atoms with Crippen molar-refractivity contribution in [2.45, 2.75) is 0 Å². The third kappa shape index (κ3) is 2.66. The van der Waals surface area contributed by atoms with Crippen molar-refractivity contribution in [1.29, 1.82) is 0 Å². The Morgan fingerprint density at radius 3 is 2.81 bits per heavy atom. The highest BCUT2D eigenvalue weighted by atomic mass is 19.1. The minimum absolute atomic E-state index is 0.0198. The number of benzene rings is 1. The molecule has 0 saturated carbocycles. The summed E-state index contributed by atoms with van der Waals surface area (Å²) in [5.74, 6) is -1.29. The molecule has 0 radical (unpaired) electrons. The number of para-hydroxylation sites is 1. The number of nitro benzene ring substituents is 1. The van der Waals surface area contributed by atoms with Gasteiger partial charge in [-0.2, -0.15) is 4.39 Å². The van der Waals surface area contributed by atoms with Crippen LogP contribution in [0.25, 0.3) is 0 Å². The Balaban J connectivity index is 2.91. The molecule has 1 aromatic rings. The van der Waals surface area contributed by atoms with Gasteiger partial charge in [0.1, 0.15) is 5.69 Å². The number of halogens is 1. The van der Waals surface area contributed by atoms with Gasteiger partial charge in [-0.25, -0.2) is 0 Å². The number of hydrogen-bond donors (Lipinski definition) is 2. The molecule has 0 unspecified atom stereocenters. The van der Waals surface area contributed by atoms with Crippen LogP contribution in [0.3, 0.4) is 0 Å². The van der Waals surface area contributed by atoms with Crippen molar-refractivity contribution in [3.63, 3.8) is 0 Å². The van der Waals surface area contributed by atoms with Crippen LogP contribution in [0.4, 0.5) is 15.8 Å². The number of carbonyl (C=O) groups excluding carboxylic acids is 1. The lowest BCUT2D eigenvalue weighted by Crippen LogP contribution is -2.26. The van der Waals surface area contributed by atoms with E-state index in [1.807, 2.05) is 0 Å². The number of amides is 1. The molecule has 16 heavy (non-hydrogen) atoms. The van der Waals surface area contributed by atoms with Gasteiger partial charge in [0.2, 0.25) is 11.7 Å². The number of rotatable bonds is 4. The summed E-state index contributed by atoms with van der Waals surface area (Å²) in [6.07, 6.45) is 0. The molecule has 0 saturated heterocycles. The second-order valence-corrected chi connectivity index (χ2v) is 2.92. The van der Waals surface area contributed by atoms with Gasteiger partial charge in [-0.1, -0.05) is 6.07 Å². The zero-order valence-corrected chi connectivity index (χ0v) is 8.49. The van der Waals surface area contributed by atoms with Gasteiger partial charge in [-0.05, 0) is 12.1 Å². The van der Waals surface area contributed by atoms with Crippen LogP contribution in [-0.2, 0) is 4.79 Å². The molecule has 1 rings (SSSR count). The van der Waals surface area contributed by atoms with Crippen LogP contribution in [0.15, 0.2) is 18.2 Å². The number of anilines is 1. The molecular formula is C9H10FN3O3. The lowest BCUT2D eigenvalue weighted by molar-refractivity contribution is -0.386. The Morgan fingerprint density at radius 1 is 1.56 bits per heavy atom. The molecule has 0 fully saturated rings. The lowest BCUT2D eigenvalue weighted by atomic mass is 10.2. The summed E-state index contributed by atoms with van der Waals surface area (Å²) in [4.78, 5) is 20.7. The first-order valence-corrected chi connectivity index (χ1v) is 4.43. The Bertz CT molecular complexity index is 422. The molecule has 0 atom stereocenters. The summed E-state index contributed by atoms with van der Waals surface area (Å²) in [5.41, 5.74) is -0.681. The summed E-state index contributed by atoms with van der Waals surface area (Å²) in [7, 11) is 1.43. The number of nitro groups is 1. The lowest BCUT2D eigenvalue weighted by Gasteiger charge is -2.06. The Kier molecular flexibility index (Phi) is 3.76. The van der Waals surface area contributed by atoms with E-state index >= 15 is 0 Å². The number of likely N-dealkylation sites (N-methyl/N-ethyl adjacent to an activating group) is 1. The minimum Gasteiger partial charge on any atom is -0.370 e. The monoisotopic (exact) mass is 227 g/mol. The third-order valence-electron chi connectivity index (χ3n) is 1.89. The normalized spacial score (nSPS) is 9.62. The molecule has 0 aromatic heterocycles. The smallest absolute Gasteiger partial charge is 0.327 e. The predicted octanol–water partition coefficient (Wildman–Crippen LogP) is 0.892. The van der Waals surface area contributed by atoms with E-state index in [0.29, 0.717) is 0 Å². The fraction of sp³-hybridized carbons (Fsp3) is 0.222. The Hall–Kier alpha value is -2.18. The van der Waals surface area contributed by atoms with E-state index in [1.165, 1.54) is 19.2 Å². The molecule has 0 aliphatic rings. The van der Waals surface area contributed by atoms with E-state index in [0.717, 1.165) is 6.07 Å². The summed E-state index contributed by atoms with van der Waals surface area (Å²) < 4.78 is 13.1. The number of nitrogens with zero attached hydrogens (tertiary/aromatic N) is 1. The summed E-state index contributed by atoms with van der Waals surface area (Å²) in [6.45, 7) is -0.152. The first-order valence-electron chi connectivity index (χ1n) is 4.43. The van der Waals surface area contributed by atoms with E-state index in [1.54, 1.807) is 0 Å². The molecule has 0 spiro atoms. The number of hydrogen-bond acceptors (Lipinski definition) is 4. The molecule has 1 aromatic carbocycles. The standard InChI is InChI=1S/C9H10FN3O3/c1-11-8(14)5-12-7-4-2-3-6(10)9(7)13(15)16/h2-4,12H,5H2,1H3,(H,11,14). The maximum Gasteiger partial charge on any atom is 0.327 e. The fourth-order valence-electron chi connectivity index (χ4n) is 1.11. The average Bonchev–Trinajstić information content (AvgIpc) is 2.25. The fourth-order valence-corrected chi connectivity index (χ4v) is 1.11. The second kappa shape index (κ2) is 5.06. The molecule has 0 aliphatic heterocycles. The van der Waals surface area contributed by atoms with Gasteiger partial charge in [0.05, 0.1) is 11.5 Å². The van der Waals surface area contributed by atoms with Crippen LogP contribution in [0, 0.1) is 15.9 Å². The highest BCUT2D eigenvalue weighted by molar-refractivity contribution is 5.81. The zero-order valence-electron chi connectivity index (χ0n) is 8.49. The average molecular weight is 227 g/mol. The van der Waals surface area contributed by atoms with Crippen molar-refractivity contribution in [2.75, 3.05) is 18.9 Å². The number of carbonyl (C=O) groups is 1. The van der Waals surface area contributed by atoms with E-state index in [9.17, 15) is 19.3 Å². The molecular weight excluding hydrogens is 217 g/mol. The van der Waals surface area contributed by atoms with E-state index in [4.69, 9.17) is 0 Å². The largest absolute Gasteiger partial charge is 0.370 e. The second-order valence-electron chi connectivity index (χ2n) is 2.92. The van der Waals surface area contributed by atoms with Crippen molar-refractivity contribution in [2.24, 2.45) is 0 Å². The van der Waals surface area contributed by atoms with Gasteiger partial charge in [-0.3, -0.25) is 14.9 Å². The molecule has 0 aliphatic carbocycles. The molecule has 0 bridgehead atoms. The van der Waals surface area contributed by atoms with Crippen molar-refractivity contribution in [3.8, 4) is 0 Å². The van der Waals surface area contributed by atoms with Gasteiger partial charge >= 0.3 is 5.69 Å². The van der Waals surface area contributed by atoms with Crippen LogP contribution in [0.5, 0.6) is 0 Å². The van der Waals surface area contributed by atoms with Crippen molar-refractivity contribution in [1.82, 2.24) is 5.32 Å². The van der Waals surface area contributed by atoms with Crippen molar-refractivity contribution < 1.29 is 14.1 Å². The zero-order chi connectivity index (χ0) is 12.1. The maximum absolute atomic E-state index is 13.1. The van der Waals surface area contributed by atoms with Crippen LogP contribution in [-0.4, -0.2) is 24.4 Å². The molecule has 1 amide bonds. The summed E-state index contributed by atoms with van der Waals surface area (Å²) in [6, 6.07) is 3.65. The van der Waals surface area contributed by atoms with Crippen LogP contribution in [0.1, 0.15) is 0 Å². The molecule has 86 valence electrons. The molecule has 2 N–H and O–H groups in total. The van der Waals surface area contributed by atoms with Gasteiger partial charge < -0.3 is 10.6 Å². The van der Waals surface area contributed by atoms with Crippen molar-refractivity contribution >= 4 is 17.3 Å². The first kappa shape index (κ1) is 11.9. The van der Waals surface area contributed by atoms with E-state index < -0.39 is 16.4 Å². The van der Waals surface area contributed by atoms with Gasteiger partial charge in [0.15, 0.2) is 0 Å². The third-order valence-corrected chi connectivity index (χ3v) is 1.89. The van der Waals surface area contributed by atoms with Crippen LogP contribution in [0.2, 0.25) is 0 Å². The topological polar surface area (TPSA) is 84.3 Å². The highest BCUT2D eigenvalue weighted by Gasteiger charge is 2.19. The highest BCUT2D eigenvalue weighted by Crippen LogP contribution is 2.26. The summed E-state index contributed by atoms with van der Waals surface area (Å²) in [5, 5.41) is 15.4. The number of nitrogens with one attached hydrogen (secondary N) is 2. The predicted molar refractivity (Wildman–Crippen MR) is 55.6 cm³/mol. The van der Waals surface area contributed by atoms with Gasteiger partial charge in [0.25, 0.3) is 0 Å². The minimum atomic E-state index is -0.938. The maximum atomic E-state index is 13.1. The SMILES string of the molecule is CNC(=O)CNc1cccc(F)c1[N+](=O)[O-]. The quantitative estimate of drug-likeness (QED) is 0.591. The van der Waals surface area contributed by atoms with E-state index in [-0.39, 0.29) is 18.1 Å². The molecule has 7 heteroatoms. The first-order chi connectivity index (χ1) is 7.56. The summed E-state index contributed by atoms with van der Waals surface area (Å²) >= 11 is 0. The van der Waals surface area contributed by atoms with Crippen molar-refractivity contribution in [3.05, 3.63) is 34.1 Å². The van der Waals surface area contributed by atoms with Crippen LogP contribution < -0.4 is 10.6 Å². The van der Waals surface area contributed by atoms with E-state index in [2.05, 4.69) is 10.6 Å². The molecule has 6 nitrogen and oxygen atoms in total. The van der Waals surface area contributed by atoms with Gasteiger partial charge in [0, 0.05) is 7.05 Å².